The number of aryl methyl sites for hydroxylation is 2. The van der Waals surface area contributed by atoms with Crippen LogP contribution in [0.4, 0.5) is 24.7 Å². The summed E-state index contributed by atoms with van der Waals surface area (Å²) >= 11 is 0. The van der Waals surface area contributed by atoms with E-state index in [1.807, 2.05) is 0 Å². The van der Waals surface area contributed by atoms with Crippen molar-refractivity contribution in [1.82, 2.24) is 15.1 Å². The van der Waals surface area contributed by atoms with Gasteiger partial charge in [0.05, 0.1) is 11.3 Å². The highest BCUT2D eigenvalue weighted by Gasteiger charge is 2.30. The zero-order valence-corrected chi connectivity index (χ0v) is 11.7. The Labute approximate surface area is 123 Å². The molecule has 8 heteroatoms. The summed E-state index contributed by atoms with van der Waals surface area (Å²) in [6.07, 6.45) is -4.36. The summed E-state index contributed by atoms with van der Waals surface area (Å²) in [5.41, 5.74) is 0.708. The fraction of sp³-hybridized carbons (Fsp3) is 0.214. The molecule has 0 spiro atoms. The Kier molecular flexibility index (Phi) is 3.23. The van der Waals surface area contributed by atoms with E-state index in [4.69, 9.17) is 4.52 Å². The number of nitrogens with zero attached hydrogens (tertiary/aromatic N) is 3. The van der Waals surface area contributed by atoms with Crippen LogP contribution in [0.3, 0.4) is 0 Å². The van der Waals surface area contributed by atoms with Crippen molar-refractivity contribution in [2.24, 2.45) is 0 Å². The predicted octanol–water partition coefficient (Wildman–Crippen LogP) is 4.00. The lowest BCUT2D eigenvalue weighted by molar-refractivity contribution is -0.137. The lowest BCUT2D eigenvalue weighted by Crippen LogP contribution is -2.04. The maximum atomic E-state index is 12.6. The van der Waals surface area contributed by atoms with Crippen LogP contribution in [0.2, 0.25) is 0 Å². The highest BCUT2D eigenvalue weighted by Crippen LogP contribution is 2.31. The summed E-state index contributed by atoms with van der Waals surface area (Å²) in [6, 6.07) is 4.70. The van der Waals surface area contributed by atoms with Crippen molar-refractivity contribution in [1.29, 1.82) is 0 Å². The van der Waals surface area contributed by atoms with Gasteiger partial charge in [-0.3, -0.25) is 0 Å². The van der Waals surface area contributed by atoms with Gasteiger partial charge in [0.15, 0.2) is 0 Å². The molecule has 0 unspecified atom stereocenters. The Morgan fingerprint density at radius 3 is 2.36 bits per heavy atom. The highest BCUT2D eigenvalue weighted by atomic mass is 19.4. The van der Waals surface area contributed by atoms with Gasteiger partial charge in [-0.2, -0.15) is 18.2 Å². The van der Waals surface area contributed by atoms with E-state index in [2.05, 4.69) is 20.4 Å². The number of benzene rings is 1. The van der Waals surface area contributed by atoms with Crippen molar-refractivity contribution in [3.05, 3.63) is 41.3 Å². The zero-order chi connectivity index (χ0) is 15.9. The summed E-state index contributed by atoms with van der Waals surface area (Å²) in [6.45, 7) is 3.43. The Morgan fingerprint density at radius 2 is 1.73 bits per heavy atom. The predicted molar refractivity (Wildman–Crippen MR) is 73.8 cm³/mol. The molecule has 2 aromatic heterocycles. The molecule has 3 aromatic rings. The van der Waals surface area contributed by atoms with Crippen molar-refractivity contribution < 1.29 is 17.7 Å². The van der Waals surface area contributed by atoms with Crippen LogP contribution in [0, 0.1) is 13.8 Å². The average molecular weight is 308 g/mol. The molecule has 114 valence electrons. The number of nitrogens with one attached hydrogen (secondary N) is 1. The van der Waals surface area contributed by atoms with E-state index >= 15 is 0 Å². The normalized spacial score (nSPS) is 11.9. The number of fused-ring (bicyclic) bond motifs is 1. The Balaban J connectivity index is 1.98. The maximum Gasteiger partial charge on any atom is 0.416 e. The van der Waals surface area contributed by atoms with Crippen molar-refractivity contribution in [3.8, 4) is 0 Å². The van der Waals surface area contributed by atoms with E-state index in [9.17, 15) is 13.2 Å². The third-order valence-electron chi connectivity index (χ3n) is 3.09. The second-order valence-corrected chi connectivity index (χ2v) is 4.77. The fourth-order valence-corrected chi connectivity index (χ4v) is 2.07. The van der Waals surface area contributed by atoms with Gasteiger partial charge >= 0.3 is 6.18 Å². The molecule has 2 heterocycles. The van der Waals surface area contributed by atoms with Crippen LogP contribution in [-0.4, -0.2) is 15.1 Å². The minimum Gasteiger partial charge on any atom is -0.339 e. The Bertz CT molecular complexity index is 824. The van der Waals surface area contributed by atoms with E-state index < -0.39 is 11.7 Å². The molecule has 0 aliphatic carbocycles. The van der Waals surface area contributed by atoms with E-state index in [0.29, 0.717) is 34.1 Å². The van der Waals surface area contributed by atoms with Gasteiger partial charge in [-0.1, -0.05) is 5.16 Å². The largest absolute Gasteiger partial charge is 0.416 e. The molecule has 3 rings (SSSR count). The van der Waals surface area contributed by atoms with Gasteiger partial charge < -0.3 is 9.84 Å². The third kappa shape index (κ3) is 2.59. The summed E-state index contributed by atoms with van der Waals surface area (Å²) in [5, 5.41) is 7.40. The first-order chi connectivity index (χ1) is 10.3. The molecular weight excluding hydrogens is 297 g/mol. The lowest BCUT2D eigenvalue weighted by atomic mass is 10.2. The Morgan fingerprint density at radius 1 is 1.05 bits per heavy atom. The van der Waals surface area contributed by atoms with Crippen LogP contribution < -0.4 is 5.32 Å². The molecule has 0 fully saturated rings. The monoisotopic (exact) mass is 308 g/mol. The molecular formula is C14H11F3N4O. The van der Waals surface area contributed by atoms with Gasteiger partial charge in [0.1, 0.15) is 17.0 Å². The van der Waals surface area contributed by atoms with Crippen molar-refractivity contribution in [2.75, 3.05) is 5.32 Å². The van der Waals surface area contributed by atoms with Gasteiger partial charge in [-0.15, -0.1) is 0 Å². The fourth-order valence-electron chi connectivity index (χ4n) is 2.07. The molecule has 1 aromatic carbocycles. The maximum absolute atomic E-state index is 12.6. The second kappa shape index (κ2) is 4.97. The summed E-state index contributed by atoms with van der Waals surface area (Å²) < 4.78 is 42.8. The van der Waals surface area contributed by atoms with E-state index in [1.165, 1.54) is 12.1 Å². The topological polar surface area (TPSA) is 63.8 Å². The van der Waals surface area contributed by atoms with Crippen molar-refractivity contribution >= 4 is 22.6 Å². The lowest BCUT2D eigenvalue weighted by Gasteiger charge is -2.10. The first-order valence-corrected chi connectivity index (χ1v) is 6.39. The Hall–Kier alpha value is -2.64. The molecule has 0 aliphatic rings. The molecule has 0 saturated heterocycles. The molecule has 1 N–H and O–H groups in total. The molecule has 0 amide bonds. The first kappa shape index (κ1) is 14.3. The number of hydrogen-bond acceptors (Lipinski definition) is 5. The molecule has 22 heavy (non-hydrogen) atoms. The van der Waals surface area contributed by atoms with Crippen LogP contribution in [0.25, 0.3) is 11.1 Å². The van der Waals surface area contributed by atoms with Crippen LogP contribution in [0.1, 0.15) is 17.1 Å². The van der Waals surface area contributed by atoms with E-state index in [-0.39, 0.29) is 0 Å². The number of rotatable bonds is 2. The molecule has 0 aliphatic heterocycles. The molecule has 0 saturated carbocycles. The molecule has 0 radical (unpaired) electrons. The summed E-state index contributed by atoms with van der Waals surface area (Å²) in [5.74, 6) is 0.916. The van der Waals surface area contributed by atoms with Gasteiger partial charge in [0.2, 0.25) is 0 Å². The number of hydrogen-bond donors (Lipinski definition) is 1. The van der Waals surface area contributed by atoms with E-state index in [0.717, 1.165) is 12.1 Å². The number of anilines is 2. The van der Waals surface area contributed by atoms with Gasteiger partial charge in [0, 0.05) is 5.69 Å². The first-order valence-electron chi connectivity index (χ1n) is 6.39. The van der Waals surface area contributed by atoms with Crippen LogP contribution in [0.15, 0.2) is 28.8 Å². The number of halogens is 3. The smallest absolute Gasteiger partial charge is 0.339 e. The van der Waals surface area contributed by atoms with Crippen molar-refractivity contribution in [2.45, 2.75) is 20.0 Å². The molecule has 5 nitrogen and oxygen atoms in total. The average Bonchev–Trinajstić information content (AvgIpc) is 2.80. The van der Waals surface area contributed by atoms with Crippen LogP contribution in [0.5, 0.6) is 0 Å². The van der Waals surface area contributed by atoms with Crippen molar-refractivity contribution in [3.63, 3.8) is 0 Å². The zero-order valence-electron chi connectivity index (χ0n) is 11.7. The van der Waals surface area contributed by atoms with Crippen LogP contribution >= 0.6 is 0 Å². The second-order valence-electron chi connectivity index (χ2n) is 4.77. The van der Waals surface area contributed by atoms with E-state index in [1.54, 1.807) is 13.8 Å². The molecule has 0 bridgehead atoms. The minimum absolute atomic E-state index is 0.333. The third-order valence-corrected chi connectivity index (χ3v) is 3.09. The highest BCUT2D eigenvalue weighted by molar-refractivity contribution is 5.89. The molecule has 0 atom stereocenters. The summed E-state index contributed by atoms with van der Waals surface area (Å²) in [4.78, 5) is 8.37. The number of aromatic nitrogens is 3. The van der Waals surface area contributed by atoms with Crippen LogP contribution in [-0.2, 0) is 6.18 Å². The minimum atomic E-state index is -4.36. The number of alkyl halides is 3. The van der Waals surface area contributed by atoms with Gasteiger partial charge in [-0.25, -0.2) is 4.98 Å². The summed E-state index contributed by atoms with van der Waals surface area (Å²) in [7, 11) is 0. The van der Waals surface area contributed by atoms with Gasteiger partial charge in [-0.05, 0) is 38.1 Å². The SMILES string of the molecule is Cc1nc(Nc2ccc(C(F)(F)F)cc2)c2c(C)noc2n1. The quantitative estimate of drug-likeness (QED) is 0.775. The van der Waals surface area contributed by atoms with Gasteiger partial charge in [0.25, 0.3) is 5.71 Å². The standard InChI is InChI=1S/C14H11F3N4O/c1-7-11-12(18-8(2)19-13(11)22-21-7)20-10-5-3-9(4-6-10)14(15,16)17/h3-6H,1-2H3,(H,18,19,20).